The predicted octanol–water partition coefficient (Wildman–Crippen LogP) is 1.54. The van der Waals surface area contributed by atoms with E-state index in [1.165, 1.54) is 0 Å². The lowest BCUT2D eigenvalue weighted by atomic mass is 10.1. The summed E-state index contributed by atoms with van der Waals surface area (Å²) in [6.07, 6.45) is 0.571. The number of nitrogens with one attached hydrogen (secondary N) is 1. The Morgan fingerprint density at radius 3 is 2.83 bits per heavy atom. The number of halogens is 1. The van der Waals surface area contributed by atoms with Gasteiger partial charge in [0.1, 0.15) is 0 Å². The molecule has 0 radical (unpaired) electrons. The molecule has 1 amide bonds. The van der Waals surface area contributed by atoms with Crippen molar-refractivity contribution in [2.75, 3.05) is 52.4 Å². The molecule has 1 unspecified atom stereocenters. The van der Waals surface area contributed by atoms with Crippen molar-refractivity contribution in [3.8, 4) is 0 Å². The number of benzene rings is 1. The minimum atomic E-state index is -0.00765. The van der Waals surface area contributed by atoms with Crippen LogP contribution in [0.2, 0.25) is 5.02 Å². The number of morpholine rings is 1. The lowest BCUT2D eigenvalue weighted by Crippen LogP contribution is -2.47. The lowest BCUT2D eigenvalue weighted by Gasteiger charge is -2.34. The van der Waals surface area contributed by atoms with E-state index in [-0.39, 0.29) is 12.0 Å². The van der Waals surface area contributed by atoms with Crippen LogP contribution in [0.25, 0.3) is 0 Å². The number of carbonyl (C=O) groups is 1. The van der Waals surface area contributed by atoms with Crippen LogP contribution in [0.4, 0.5) is 0 Å². The molecule has 1 aromatic carbocycles. The van der Waals surface area contributed by atoms with Gasteiger partial charge in [-0.2, -0.15) is 0 Å². The van der Waals surface area contributed by atoms with E-state index in [9.17, 15) is 4.79 Å². The third kappa shape index (κ3) is 4.44. The number of ether oxygens (including phenoxy) is 1. The summed E-state index contributed by atoms with van der Waals surface area (Å²) in [6, 6.07) is 7.82. The van der Waals surface area contributed by atoms with Crippen molar-refractivity contribution in [3.05, 3.63) is 34.9 Å². The van der Waals surface area contributed by atoms with Gasteiger partial charge in [0.15, 0.2) is 0 Å². The number of nitrogens with zero attached hydrogens (tertiary/aromatic N) is 2. The maximum atomic E-state index is 12.3. The SMILES string of the molecule is O=C(CCN1CCOC(c2ccccc2Cl)C1)N1CCNCC1. The molecule has 2 fully saturated rings. The number of rotatable bonds is 4. The summed E-state index contributed by atoms with van der Waals surface area (Å²) in [5.41, 5.74) is 1.03. The third-order valence-electron chi connectivity index (χ3n) is 4.51. The van der Waals surface area contributed by atoms with Crippen LogP contribution in [-0.2, 0) is 9.53 Å². The summed E-state index contributed by atoms with van der Waals surface area (Å²) < 4.78 is 5.87. The molecule has 1 atom stereocenters. The van der Waals surface area contributed by atoms with E-state index in [1.54, 1.807) is 0 Å². The van der Waals surface area contributed by atoms with Crippen molar-refractivity contribution in [1.29, 1.82) is 0 Å². The van der Waals surface area contributed by atoms with Crippen molar-refractivity contribution in [3.63, 3.8) is 0 Å². The quantitative estimate of drug-likeness (QED) is 0.905. The summed E-state index contributed by atoms with van der Waals surface area (Å²) in [5.74, 6) is 0.257. The summed E-state index contributed by atoms with van der Waals surface area (Å²) in [5, 5.41) is 4.02. The molecule has 5 nitrogen and oxygen atoms in total. The fourth-order valence-electron chi connectivity index (χ4n) is 3.16. The fraction of sp³-hybridized carbons (Fsp3) is 0.588. The van der Waals surface area contributed by atoms with Crippen LogP contribution >= 0.6 is 11.6 Å². The summed E-state index contributed by atoms with van der Waals surface area (Å²) in [4.78, 5) is 16.5. The van der Waals surface area contributed by atoms with Gasteiger partial charge in [-0.15, -0.1) is 0 Å². The van der Waals surface area contributed by atoms with Gasteiger partial charge in [-0.05, 0) is 6.07 Å². The molecule has 126 valence electrons. The van der Waals surface area contributed by atoms with Crippen molar-refractivity contribution >= 4 is 17.5 Å². The zero-order valence-corrected chi connectivity index (χ0v) is 14.1. The molecule has 0 aromatic heterocycles. The molecule has 2 saturated heterocycles. The summed E-state index contributed by atoms with van der Waals surface area (Å²) in [7, 11) is 0. The molecular weight excluding hydrogens is 314 g/mol. The zero-order chi connectivity index (χ0) is 16.1. The molecular formula is C17H24ClN3O2. The van der Waals surface area contributed by atoms with E-state index in [1.807, 2.05) is 29.2 Å². The van der Waals surface area contributed by atoms with E-state index < -0.39 is 0 Å². The second-order valence-corrected chi connectivity index (χ2v) is 6.47. The Morgan fingerprint density at radius 1 is 1.26 bits per heavy atom. The van der Waals surface area contributed by atoms with Gasteiger partial charge in [0.05, 0.1) is 12.7 Å². The Labute approximate surface area is 142 Å². The van der Waals surface area contributed by atoms with Crippen LogP contribution in [0.3, 0.4) is 0 Å². The van der Waals surface area contributed by atoms with Crippen molar-refractivity contribution in [1.82, 2.24) is 15.1 Å². The standard InChI is InChI=1S/C17H24ClN3O2/c18-15-4-2-1-3-14(15)16-13-20(11-12-23-16)8-5-17(22)21-9-6-19-7-10-21/h1-4,16,19H,5-13H2. The third-order valence-corrected chi connectivity index (χ3v) is 4.86. The van der Waals surface area contributed by atoms with Gasteiger partial charge in [0, 0.05) is 62.8 Å². The van der Waals surface area contributed by atoms with Gasteiger partial charge in [0.2, 0.25) is 5.91 Å². The molecule has 2 aliphatic heterocycles. The first-order chi connectivity index (χ1) is 11.2. The number of carbonyl (C=O) groups excluding carboxylic acids is 1. The van der Waals surface area contributed by atoms with Crippen molar-refractivity contribution in [2.45, 2.75) is 12.5 Å². The van der Waals surface area contributed by atoms with Gasteiger partial charge in [-0.1, -0.05) is 29.8 Å². The Kier molecular flexibility index (Phi) is 5.89. The first-order valence-electron chi connectivity index (χ1n) is 8.31. The van der Waals surface area contributed by atoms with Gasteiger partial charge in [-0.3, -0.25) is 9.69 Å². The van der Waals surface area contributed by atoms with E-state index in [4.69, 9.17) is 16.3 Å². The normalized spacial score (nSPS) is 23.0. The van der Waals surface area contributed by atoms with E-state index in [0.29, 0.717) is 13.0 Å². The highest BCUT2D eigenvalue weighted by Gasteiger charge is 2.24. The van der Waals surface area contributed by atoms with E-state index in [2.05, 4.69) is 10.2 Å². The minimum absolute atomic E-state index is 0.00765. The maximum Gasteiger partial charge on any atom is 0.223 e. The van der Waals surface area contributed by atoms with Crippen LogP contribution in [0.1, 0.15) is 18.1 Å². The zero-order valence-electron chi connectivity index (χ0n) is 13.3. The molecule has 0 aliphatic carbocycles. The Balaban J connectivity index is 1.51. The van der Waals surface area contributed by atoms with Crippen LogP contribution in [0.5, 0.6) is 0 Å². The maximum absolute atomic E-state index is 12.3. The second kappa shape index (κ2) is 8.11. The van der Waals surface area contributed by atoms with E-state index in [0.717, 1.165) is 56.4 Å². The monoisotopic (exact) mass is 337 g/mol. The number of amides is 1. The number of piperazine rings is 1. The molecule has 2 aliphatic rings. The topological polar surface area (TPSA) is 44.8 Å². The van der Waals surface area contributed by atoms with Crippen molar-refractivity contribution in [2.24, 2.45) is 0 Å². The smallest absolute Gasteiger partial charge is 0.223 e. The first-order valence-corrected chi connectivity index (χ1v) is 8.69. The van der Waals surface area contributed by atoms with Gasteiger partial charge in [0.25, 0.3) is 0 Å². The molecule has 1 aromatic rings. The molecule has 0 bridgehead atoms. The summed E-state index contributed by atoms with van der Waals surface area (Å²) >= 11 is 6.27. The summed E-state index contributed by atoms with van der Waals surface area (Å²) in [6.45, 7) is 6.57. The Hall–Kier alpha value is -1.14. The fourth-order valence-corrected chi connectivity index (χ4v) is 3.41. The molecule has 2 heterocycles. The van der Waals surface area contributed by atoms with Crippen molar-refractivity contribution < 1.29 is 9.53 Å². The minimum Gasteiger partial charge on any atom is -0.371 e. The van der Waals surface area contributed by atoms with E-state index >= 15 is 0 Å². The largest absolute Gasteiger partial charge is 0.371 e. The Bertz CT molecular complexity index is 534. The van der Waals surface area contributed by atoms with Crippen LogP contribution in [-0.4, -0.2) is 68.1 Å². The first kappa shape index (κ1) is 16.7. The number of hydrogen-bond donors (Lipinski definition) is 1. The highest BCUT2D eigenvalue weighted by atomic mass is 35.5. The average Bonchev–Trinajstić information content (AvgIpc) is 2.61. The molecule has 3 rings (SSSR count). The lowest BCUT2D eigenvalue weighted by molar-refractivity contribution is -0.132. The second-order valence-electron chi connectivity index (χ2n) is 6.06. The average molecular weight is 338 g/mol. The molecule has 6 heteroatoms. The highest BCUT2D eigenvalue weighted by molar-refractivity contribution is 6.31. The molecule has 0 saturated carbocycles. The van der Waals surface area contributed by atoms with Crippen LogP contribution in [0, 0.1) is 0 Å². The van der Waals surface area contributed by atoms with Crippen LogP contribution in [0.15, 0.2) is 24.3 Å². The molecule has 0 spiro atoms. The van der Waals surface area contributed by atoms with Crippen LogP contribution < -0.4 is 5.32 Å². The predicted molar refractivity (Wildman–Crippen MR) is 90.7 cm³/mol. The van der Waals surface area contributed by atoms with Gasteiger partial charge in [-0.25, -0.2) is 0 Å². The number of hydrogen-bond acceptors (Lipinski definition) is 4. The Morgan fingerprint density at radius 2 is 2.04 bits per heavy atom. The van der Waals surface area contributed by atoms with Gasteiger partial charge < -0.3 is 15.0 Å². The van der Waals surface area contributed by atoms with Gasteiger partial charge >= 0.3 is 0 Å². The molecule has 1 N–H and O–H groups in total. The highest BCUT2D eigenvalue weighted by Crippen LogP contribution is 2.28. The molecule has 23 heavy (non-hydrogen) atoms.